The normalized spacial score (nSPS) is 18.1. The van der Waals surface area contributed by atoms with Crippen LogP contribution in [-0.2, 0) is 0 Å². The number of allylic oxidation sites excluding steroid dienone is 1. The van der Waals surface area contributed by atoms with Crippen LogP contribution in [0.25, 0.3) is 15.8 Å². The minimum absolute atomic E-state index is 0.933. The second kappa shape index (κ2) is 4.64. The van der Waals surface area contributed by atoms with Crippen molar-refractivity contribution in [3.63, 3.8) is 0 Å². The van der Waals surface area contributed by atoms with Crippen molar-refractivity contribution >= 4 is 44.0 Å². The SMILES string of the molecule is CCC1=C(c2cc(C)cc3ccsc23)N2CCN=C2S1. The molecular formula is C16H16N2S2. The van der Waals surface area contributed by atoms with E-state index in [4.69, 9.17) is 0 Å². The highest BCUT2D eigenvalue weighted by Gasteiger charge is 2.33. The first-order chi connectivity index (χ1) is 9.78. The number of thiophene rings is 1. The largest absolute Gasteiger partial charge is 0.318 e. The molecule has 0 N–H and O–H groups in total. The summed E-state index contributed by atoms with van der Waals surface area (Å²) in [7, 11) is 0. The zero-order valence-electron chi connectivity index (χ0n) is 11.6. The number of aliphatic imine (C=N–C) groups is 1. The van der Waals surface area contributed by atoms with E-state index in [1.54, 1.807) is 0 Å². The van der Waals surface area contributed by atoms with Gasteiger partial charge in [-0.1, -0.05) is 24.8 Å². The van der Waals surface area contributed by atoms with E-state index in [0.29, 0.717) is 0 Å². The predicted molar refractivity (Wildman–Crippen MR) is 90.4 cm³/mol. The maximum Gasteiger partial charge on any atom is 0.168 e. The number of hydrogen-bond acceptors (Lipinski definition) is 4. The van der Waals surface area contributed by atoms with Gasteiger partial charge in [0.25, 0.3) is 0 Å². The molecule has 0 spiro atoms. The summed E-state index contributed by atoms with van der Waals surface area (Å²) in [5.74, 6) is 0. The van der Waals surface area contributed by atoms with Crippen LogP contribution >= 0.6 is 23.1 Å². The van der Waals surface area contributed by atoms with Gasteiger partial charge in [0.15, 0.2) is 5.17 Å². The Kier molecular flexibility index (Phi) is 2.89. The van der Waals surface area contributed by atoms with Crippen molar-refractivity contribution < 1.29 is 0 Å². The molecule has 0 saturated carbocycles. The minimum Gasteiger partial charge on any atom is -0.318 e. The van der Waals surface area contributed by atoms with Gasteiger partial charge in [0, 0.05) is 21.7 Å². The lowest BCUT2D eigenvalue weighted by Crippen LogP contribution is -2.20. The first-order valence-electron chi connectivity index (χ1n) is 6.99. The number of aryl methyl sites for hydroxylation is 1. The van der Waals surface area contributed by atoms with Crippen LogP contribution < -0.4 is 0 Å². The van der Waals surface area contributed by atoms with Gasteiger partial charge in [0.05, 0.1) is 12.2 Å². The lowest BCUT2D eigenvalue weighted by Gasteiger charge is -2.18. The maximum absolute atomic E-state index is 4.63. The first kappa shape index (κ1) is 12.5. The fourth-order valence-electron chi connectivity index (χ4n) is 2.97. The van der Waals surface area contributed by atoms with E-state index >= 15 is 0 Å². The molecule has 2 nitrogen and oxygen atoms in total. The van der Waals surface area contributed by atoms with Gasteiger partial charge < -0.3 is 4.90 Å². The molecular weight excluding hydrogens is 284 g/mol. The molecule has 0 radical (unpaired) electrons. The Morgan fingerprint density at radius 1 is 1.35 bits per heavy atom. The Hall–Kier alpha value is -1.26. The highest BCUT2D eigenvalue weighted by atomic mass is 32.2. The summed E-state index contributed by atoms with van der Waals surface area (Å²) in [4.78, 5) is 8.50. The third-order valence-electron chi connectivity index (χ3n) is 3.82. The fraction of sp³-hybridized carbons (Fsp3) is 0.312. The van der Waals surface area contributed by atoms with Gasteiger partial charge in [-0.25, -0.2) is 0 Å². The van der Waals surface area contributed by atoms with Gasteiger partial charge in [-0.3, -0.25) is 4.99 Å². The molecule has 3 heterocycles. The zero-order chi connectivity index (χ0) is 13.7. The molecule has 20 heavy (non-hydrogen) atoms. The van der Waals surface area contributed by atoms with Crippen LogP contribution in [0, 0.1) is 6.92 Å². The van der Waals surface area contributed by atoms with Gasteiger partial charge in [-0.15, -0.1) is 11.3 Å². The third kappa shape index (κ3) is 1.75. The Bertz CT molecular complexity index is 755. The fourth-order valence-corrected chi connectivity index (χ4v) is 5.00. The van der Waals surface area contributed by atoms with Crippen molar-refractivity contribution in [1.29, 1.82) is 0 Å². The first-order valence-corrected chi connectivity index (χ1v) is 8.68. The van der Waals surface area contributed by atoms with Crippen LogP contribution in [-0.4, -0.2) is 23.2 Å². The van der Waals surface area contributed by atoms with Crippen LogP contribution in [0.15, 0.2) is 33.5 Å². The number of hydrogen-bond donors (Lipinski definition) is 0. The monoisotopic (exact) mass is 300 g/mol. The Labute approximate surface area is 127 Å². The van der Waals surface area contributed by atoms with Crippen molar-refractivity contribution in [1.82, 2.24) is 4.90 Å². The van der Waals surface area contributed by atoms with E-state index in [1.807, 2.05) is 23.1 Å². The molecule has 0 atom stereocenters. The molecule has 1 aromatic heterocycles. The summed E-state index contributed by atoms with van der Waals surface area (Å²) in [5, 5.41) is 4.76. The zero-order valence-corrected chi connectivity index (χ0v) is 13.3. The average molecular weight is 300 g/mol. The van der Waals surface area contributed by atoms with E-state index in [2.05, 4.69) is 47.3 Å². The van der Waals surface area contributed by atoms with Crippen molar-refractivity contribution in [2.75, 3.05) is 13.1 Å². The summed E-state index contributed by atoms with van der Waals surface area (Å²) < 4.78 is 1.41. The standard InChI is InChI=1S/C16H16N2S2/c1-3-13-14(18-6-5-17-16(18)20-13)12-9-10(2)8-11-4-7-19-15(11)12/h4,7-9H,3,5-6H2,1-2H3. The van der Waals surface area contributed by atoms with Crippen molar-refractivity contribution in [2.45, 2.75) is 20.3 Å². The second-order valence-electron chi connectivity index (χ2n) is 5.19. The lowest BCUT2D eigenvalue weighted by atomic mass is 10.0. The van der Waals surface area contributed by atoms with Crippen LogP contribution in [0.5, 0.6) is 0 Å². The topological polar surface area (TPSA) is 15.6 Å². The van der Waals surface area contributed by atoms with Crippen LogP contribution in [0.4, 0.5) is 0 Å². The summed E-state index contributed by atoms with van der Waals surface area (Å²) >= 11 is 3.71. The maximum atomic E-state index is 4.63. The van der Waals surface area contributed by atoms with Gasteiger partial charge in [0.1, 0.15) is 0 Å². The number of nitrogens with zero attached hydrogens (tertiary/aromatic N) is 2. The molecule has 4 heteroatoms. The Morgan fingerprint density at radius 3 is 3.10 bits per heavy atom. The highest BCUT2D eigenvalue weighted by Crippen LogP contribution is 2.45. The Morgan fingerprint density at radius 2 is 2.25 bits per heavy atom. The molecule has 1 aromatic carbocycles. The van der Waals surface area contributed by atoms with E-state index in [1.165, 1.54) is 37.0 Å². The molecule has 102 valence electrons. The summed E-state index contributed by atoms with van der Waals surface area (Å²) in [5.41, 5.74) is 4.14. The predicted octanol–water partition coefficient (Wildman–Crippen LogP) is 4.71. The molecule has 0 fully saturated rings. The summed E-state index contributed by atoms with van der Waals surface area (Å²) in [6.07, 6.45) is 1.08. The molecule has 2 aliphatic rings. The van der Waals surface area contributed by atoms with Crippen LogP contribution in [0.3, 0.4) is 0 Å². The van der Waals surface area contributed by atoms with Crippen molar-refractivity contribution in [2.24, 2.45) is 4.99 Å². The van der Waals surface area contributed by atoms with Crippen molar-refractivity contribution in [3.8, 4) is 0 Å². The minimum atomic E-state index is 0.933. The number of rotatable bonds is 2. The second-order valence-corrected chi connectivity index (χ2v) is 7.17. The number of amidine groups is 1. The van der Waals surface area contributed by atoms with Gasteiger partial charge in [0.2, 0.25) is 0 Å². The van der Waals surface area contributed by atoms with E-state index < -0.39 is 0 Å². The van der Waals surface area contributed by atoms with Gasteiger partial charge in [-0.2, -0.15) is 0 Å². The summed E-state index contributed by atoms with van der Waals surface area (Å²) in [6.45, 7) is 6.39. The number of fused-ring (bicyclic) bond motifs is 2. The third-order valence-corrected chi connectivity index (χ3v) is 6.05. The molecule has 4 rings (SSSR count). The molecule has 0 amide bonds. The van der Waals surface area contributed by atoms with E-state index in [0.717, 1.165) is 19.5 Å². The van der Waals surface area contributed by atoms with E-state index in [-0.39, 0.29) is 0 Å². The van der Waals surface area contributed by atoms with E-state index in [9.17, 15) is 0 Å². The van der Waals surface area contributed by atoms with Gasteiger partial charge >= 0.3 is 0 Å². The van der Waals surface area contributed by atoms with Crippen LogP contribution in [0.2, 0.25) is 0 Å². The molecule has 0 aliphatic carbocycles. The molecule has 2 aromatic rings. The number of benzene rings is 1. The summed E-state index contributed by atoms with van der Waals surface area (Å²) in [6, 6.07) is 6.85. The number of thioether (sulfide) groups is 1. The molecule has 2 aliphatic heterocycles. The average Bonchev–Trinajstić information content (AvgIpc) is 3.11. The Balaban J connectivity index is 1.97. The van der Waals surface area contributed by atoms with Crippen LogP contribution in [0.1, 0.15) is 24.5 Å². The molecule has 0 unspecified atom stereocenters. The van der Waals surface area contributed by atoms with Crippen molar-refractivity contribution in [3.05, 3.63) is 39.6 Å². The molecule has 0 saturated heterocycles. The smallest absolute Gasteiger partial charge is 0.168 e. The quantitative estimate of drug-likeness (QED) is 0.798. The van der Waals surface area contributed by atoms with Gasteiger partial charge in [-0.05, 0) is 41.8 Å². The molecule has 0 bridgehead atoms. The highest BCUT2D eigenvalue weighted by molar-refractivity contribution is 8.17. The lowest BCUT2D eigenvalue weighted by molar-refractivity contribution is 0.647.